The maximum Gasteiger partial charge on any atom is 0.0722 e. The Balaban J connectivity index is 3.86. The molecule has 0 aromatic rings. The molecular weight excluding hydrogens is 178 g/mol. The van der Waals surface area contributed by atoms with Gasteiger partial charge in [-0.2, -0.15) is 0 Å². The van der Waals surface area contributed by atoms with Gasteiger partial charge in [0.2, 0.25) is 0 Å². The van der Waals surface area contributed by atoms with Gasteiger partial charge in [-0.25, -0.2) is 0 Å². The van der Waals surface area contributed by atoms with Crippen LogP contribution in [0.1, 0.15) is 34.6 Å². The lowest BCUT2D eigenvalue weighted by molar-refractivity contribution is -0.00508. The van der Waals surface area contributed by atoms with Crippen LogP contribution in [0.25, 0.3) is 0 Å². The van der Waals surface area contributed by atoms with E-state index in [0.29, 0.717) is 12.6 Å². The summed E-state index contributed by atoms with van der Waals surface area (Å²) in [6.07, 6.45) is 0.490. The van der Waals surface area contributed by atoms with Gasteiger partial charge in [0.15, 0.2) is 0 Å². The molecule has 1 N–H and O–H groups in total. The van der Waals surface area contributed by atoms with E-state index in [4.69, 9.17) is 9.47 Å². The fourth-order valence-electron chi connectivity index (χ4n) is 1.30. The van der Waals surface area contributed by atoms with E-state index in [1.807, 2.05) is 20.8 Å². The molecule has 2 atom stereocenters. The average Bonchev–Trinajstić information content (AvgIpc) is 2.12. The lowest BCUT2D eigenvalue weighted by Gasteiger charge is -2.25. The van der Waals surface area contributed by atoms with E-state index >= 15 is 0 Å². The second kappa shape index (κ2) is 8.21. The summed E-state index contributed by atoms with van der Waals surface area (Å²) >= 11 is 0. The van der Waals surface area contributed by atoms with Crippen molar-refractivity contribution >= 4 is 0 Å². The molecule has 0 heterocycles. The van der Waals surface area contributed by atoms with Gasteiger partial charge >= 0.3 is 0 Å². The van der Waals surface area contributed by atoms with Gasteiger partial charge in [0.05, 0.1) is 24.9 Å². The van der Waals surface area contributed by atoms with Crippen LogP contribution in [0.15, 0.2) is 0 Å². The topological polar surface area (TPSA) is 30.5 Å². The molecule has 0 amide bonds. The van der Waals surface area contributed by atoms with Crippen LogP contribution in [-0.2, 0) is 9.47 Å². The number of ether oxygens (including phenoxy) is 2. The fourth-order valence-corrected chi connectivity index (χ4v) is 1.30. The maximum atomic E-state index is 5.58. The molecule has 86 valence electrons. The quantitative estimate of drug-likeness (QED) is 0.652. The highest BCUT2D eigenvalue weighted by Crippen LogP contribution is 2.01. The Morgan fingerprint density at radius 2 is 1.71 bits per heavy atom. The predicted octanol–water partition coefficient (Wildman–Crippen LogP) is 1.81. The Hall–Kier alpha value is -0.120. The lowest BCUT2D eigenvalue weighted by atomic mass is 10.2. The van der Waals surface area contributed by atoms with Crippen molar-refractivity contribution in [3.05, 3.63) is 0 Å². The zero-order chi connectivity index (χ0) is 11.0. The first kappa shape index (κ1) is 13.9. The third-order valence-corrected chi connectivity index (χ3v) is 2.07. The summed E-state index contributed by atoms with van der Waals surface area (Å²) in [5.41, 5.74) is 0. The first-order valence-corrected chi connectivity index (χ1v) is 5.58. The highest BCUT2D eigenvalue weighted by molar-refractivity contribution is 4.73. The summed E-state index contributed by atoms with van der Waals surface area (Å²) in [7, 11) is 0. The molecule has 0 rings (SSSR count). The molecular formula is C11H25NO2. The zero-order valence-corrected chi connectivity index (χ0v) is 10.2. The molecule has 0 aromatic carbocycles. The van der Waals surface area contributed by atoms with Gasteiger partial charge < -0.3 is 14.8 Å². The van der Waals surface area contributed by atoms with Crippen LogP contribution < -0.4 is 5.32 Å². The Labute approximate surface area is 88.2 Å². The monoisotopic (exact) mass is 203 g/mol. The summed E-state index contributed by atoms with van der Waals surface area (Å²) in [5, 5.41) is 3.37. The van der Waals surface area contributed by atoms with E-state index in [1.54, 1.807) is 0 Å². The van der Waals surface area contributed by atoms with E-state index in [2.05, 4.69) is 19.2 Å². The summed E-state index contributed by atoms with van der Waals surface area (Å²) in [4.78, 5) is 0. The van der Waals surface area contributed by atoms with Gasteiger partial charge in [0.1, 0.15) is 0 Å². The average molecular weight is 203 g/mol. The van der Waals surface area contributed by atoms with E-state index < -0.39 is 0 Å². The predicted molar refractivity (Wildman–Crippen MR) is 59.6 cm³/mol. The smallest absolute Gasteiger partial charge is 0.0722 e. The molecule has 2 unspecified atom stereocenters. The highest BCUT2D eigenvalue weighted by Gasteiger charge is 2.16. The minimum atomic E-state index is 0.207. The summed E-state index contributed by atoms with van der Waals surface area (Å²) in [5.74, 6) is 0. The molecule has 0 radical (unpaired) electrons. The van der Waals surface area contributed by atoms with Gasteiger partial charge in [-0.3, -0.25) is 0 Å². The van der Waals surface area contributed by atoms with Gasteiger partial charge in [-0.15, -0.1) is 0 Å². The van der Waals surface area contributed by atoms with Crippen molar-refractivity contribution in [2.24, 2.45) is 0 Å². The van der Waals surface area contributed by atoms with Crippen LogP contribution in [0.3, 0.4) is 0 Å². The molecule has 0 saturated heterocycles. The largest absolute Gasteiger partial charge is 0.377 e. The molecule has 0 spiro atoms. The minimum absolute atomic E-state index is 0.207. The highest BCUT2D eigenvalue weighted by atomic mass is 16.5. The number of hydrogen-bond donors (Lipinski definition) is 1. The van der Waals surface area contributed by atoms with Crippen molar-refractivity contribution in [1.29, 1.82) is 0 Å². The summed E-state index contributed by atoms with van der Waals surface area (Å²) < 4.78 is 11.1. The molecule has 0 bridgehead atoms. The molecule has 0 saturated carbocycles. The van der Waals surface area contributed by atoms with Crippen LogP contribution in [0.4, 0.5) is 0 Å². The van der Waals surface area contributed by atoms with Crippen molar-refractivity contribution < 1.29 is 9.47 Å². The molecule has 0 aliphatic rings. The van der Waals surface area contributed by atoms with Crippen LogP contribution >= 0.6 is 0 Å². The second-order valence-electron chi connectivity index (χ2n) is 3.71. The van der Waals surface area contributed by atoms with Crippen molar-refractivity contribution in [3.8, 4) is 0 Å². The Bertz CT molecular complexity index is 128. The Morgan fingerprint density at radius 3 is 2.14 bits per heavy atom. The van der Waals surface area contributed by atoms with Crippen LogP contribution in [-0.4, -0.2) is 38.0 Å². The molecule has 14 heavy (non-hydrogen) atoms. The molecule has 3 nitrogen and oxygen atoms in total. The van der Waals surface area contributed by atoms with E-state index in [9.17, 15) is 0 Å². The number of likely N-dealkylation sites (N-methyl/N-ethyl adjacent to an activating group) is 1. The second-order valence-corrected chi connectivity index (χ2v) is 3.71. The zero-order valence-electron chi connectivity index (χ0n) is 10.2. The minimum Gasteiger partial charge on any atom is -0.377 e. The standard InChI is InChI=1S/C11H25NO2/c1-6-12-11(8-14-9(3)4)10(5)13-7-2/h9-12H,6-8H2,1-5H3. The SMILES string of the molecule is CCNC(COC(C)C)C(C)OCC. The molecule has 0 fully saturated rings. The fraction of sp³-hybridized carbons (Fsp3) is 1.00. The van der Waals surface area contributed by atoms with Crippen LogP contribution in [0, 0.1) is 0 Å². The normalized spacial score (nSPS) is 15.9. The third-order valence-electron chi connectivity index (χ3n) is 2.07. The van der Waals surface area contributed by atoms with Crippen LogP contribution in [0.5, 0.6) is 0 Å². The van der Waals surface area contributed by atoms with Gasteiger partial charge in [0, 0.05) is 6.61 Å². The van der Waals surface area contributed by atoms with Gasteiger partial charge in [-0.1, -0.05) is 6.92 Å². The van der Waals surface area contributed by atoms with Crippen molar-refractivity contribution in [2.75, 3.05) is 19.8 Å². The summed E-state index contributed by atoms with van der Waals surface area (Å²) in [6, 6.07) is 0.294. The number of nitrogens with one attached hydrogen (secondary N) is 1. The van der Waals surface area contributed by atoms with Crippen LogP contribution in [0.2, 0.25) is 0 Å². The van der Waals surface area contributed by atoms with Crippen molar-refractivity contribution in [1.82, 2.24) is 5.32 Å². The molecule has 0 aliphatic heterocycles. The van der Waals surface area contributed by atoms with Gasteiger partial charge in [-0.05, 0) is 34.2 Å². The van der Waals surface area contributed by atoms with E-state index in [1.165, 1.54) is 0 Å². The third kappa shape index (κ3) is 6.35. The number of rotatable bonds is 8. The summed E-state index contributed by atoms with van der Waals surface area (Å²) in [6.45, 7) is 12.7. The molecule has 0 aliphatic carbocycles. The molecule has 0 aromatic heterocycles. The van der Waals surface area contributed by atoms with Crippen molar-refractivity contribution in [3.63, 3.8) is 0 Å². The van der Waals surface area contributed by atoms with Gasteiger partial charge in [0.25, 0.3) is 0 Å². The molecule has 3 heteroatoms. The van der Waals surface area contributed by atoms with E-state index in [0.717, 1.165) is 13.2 Å². The Kier molecular flexibility index (Phi) is 8.14. The first-order chi connectivity index (χ1) is 6.61. The Morgan fingerprint density at radius 1 is 1.07 bits per heavy atom. The lowest BCUT2D eigenvalue weighted by Crippen LogP contribution is -2.43. The van der Waals surface area contributed by atoms with Crippen molar-refractivity contribution in [2.45, 2.75) is 52.9 Å². The maximum absolute atomic E-state index is 5.58. The first-order valence-electron chi connectivity index (χ1n) is 5.58. The van der Waals surface area contributed by atoms with E-state index in [-0.39, 0.29) is 12.2 Å². The number of hydrogen-bond acceptors (Lipinski definition) is 3.